The van der Waals surface area contributed by atoms with Crippen LogP contribution in [0.25, 0.3) is 11.3 Å². The van der Waals surface area contributed by atoms with E-state index in [1.54, 1.807) is 14.2 Å². The standard InChI is InChI=1S/C22H24N2O3S/c1-13-6-7-14(2)17(10-13)12-20(25)23-22-24-21(15(3)28-22)16-8-9-18(26-4)19(11-16)27-5/h6-11H,12H2,1-5H3,(H,23,24,25). The number of anilines is 1. The number of carbonyl (C=O) groups is 1. The van der Waals surface area contributed by atoms with Gasteiger partial charge in [0.2, 0.25) is 5.91 Å². The summed E-state index contributed by atoms with van der Waals surface area (Å²) in [7, 11) is 3.21. The zero-order valence-electron chi connectivity index (χ0n) is 16.8. The Labute approximate surface area is 169 Å². The molecule has 28 heavy (non-hydrogen) atoms. The van der Waals surface area contributed by atoms with Gasteiger partial charge in [-0.2, -0.15) is 0 Å². The highest BCUT2D eigenvalue weighted by molar-refractivity contribution is 7.16. The van der Waals surface area contributed by atoms with Crippen molar-refractivity contribution in [1.82, 2.24) is 4.98 Å². The van der Waals surface area contributed by atoms with Crippen LogP contribution in [-0.4, -0.2) is 25.1 Å². The molecule has 0 saturated heterocycles. The van der Waals surface area contributed by atoms with Crippen LogP contribution in [0, 0.1) is 20.8 Å². The number of hydrogen-bond donors (Lipinski definition) is 1. The minimum absolute atomic E-state index is 0.0682. The van der Waals surface area contributed by atoms with Crippen LogP contribution < -0.4 is 14.8 Å². The van der Waals surface area contributed by atoms with Crippen molar-refractivity contribution < 1.29 is 14.3 Å². The Kier molecular flexibility index (Phi) is 5.99. The monoisotopic (exact) mass is 396 g/mol. The van der Waals surface area contributed by atoms with E-state index in [1.165, 1.54) is 11.3 Å². The highest BCUT2D eigenvalue weighted by Crippen LogP contribution is 2.36. The molecule has 2 aromatic carbocycles. The third-order valence-corrected chi connectivity index (χ3v) is 5.44. The van der Waals surface area contributed by atoms with Crippen LogP contribution in [0.5, 0.6) is 11.5 Å². The molecule has 0 bridgehead atoms. The van der Waals surface area contributed by atoms with E-state index in [0.29, 0.717) is 23.1 Å². The number of nitrogens with zero attached hydrogens (tertiary/aromatic N) is 1. The van der Waals surface area contributed by atoms with E-state index < -0.39 is 0 Å². The number of carbonyl (C=O) groups excluding carboxylic acids is 1. The largest absolute Gasteiger partial charge is 0.493 e. The molecule has 0 aliphatic heterocycles. The van der Waals surface area contributed by atoms with Crippen LogP contribution in [0.3, 0.4) is 0 Å². The summed E-state index contributed by atoms with van der Waals surface area (Å²) >= 11 is 1.46. The second-order valence-electron chi connectivity index (χ2n) is 6.65. The van der Waals surface area contributed by atoms with Crippen molar-refractivity contribution in [2.75, 3.05) is 19.5 Å². The summed E-state index contributed by atoms with van der Waals surface area (Å²) in [5.74, 6) is 1.25. The zero-order valence-corrected chi connectivity index (χ0v) is 17.6. The predicted molar refractivity (Wildman–Crippen MR) is 114 cm³/mol. The first-order chi connectivity index (χ1) is 13.4. The van der Waals surface area contributed by atoms with Gasteiger partial charge in [0, 0.05) is 10.4 Å². The van der Waals surface area contributed by atoms with Gasteiger partial charge in [0.25, 0.3) is 0 Å². The van der Waals surface area contributed by atoms with Gasteiger partial charge >= 0.3 is 0 Å². The van der Waals surface area contributed by atoms with E-state index in [0.717, 1.165) is 32.8 Å². The minimum atomic E-state index is -0.0682. The molecule has 0 radical (unpaired) electrons. The van der Waals surface area contributed by atoms with Crippen LogP contribution in [0.15, 0.2) is 36.4 Å². The lowest BCUT2D eigenvalue weighted by molar-refractivity contribution is -0.115. The Morgan fingerprint density at radius 3 is 2.50 bits per heavy atom. The van der Waals surface area contributed by atoms with E-state index in [4.69, 9.17) is 9.47 Å². The molecule has 1 amide bonds. The lowest BCUT2D eigenvalue weighted by Gasteiger charge is -2.09. The maximum atomic E-state index is 12.5. The van der Waals surface area contributed by atoms with Gasteiger partial charge < -0.3 is 14.8 Å². The number of methoxy groups -OCH3 is 2. The number of aryl methyl sites for hydroxylation is 3. The van der Waals surface area contributed by atoms with E-state index in [9.17, 15) is 4.79 Å². The molecule has 0 atom stereocenters. The van der Waals surface area contributed by atoms with Gasteiger partial charge in [-0.3, -0.25) is 4.79 Å². The van der Waals surface area contributed by atoms with Gasteiger partial charge in [-0.1, -0.05) is 23.8 Å². The summed E-state index contributed by atoms with van der Waals surface area (Å²) in [6, 6.07) is 11.8. The number of rotatable bonds is 6. The molecule has 0 aliphatic rings. The number of amides is 1. The predicted octanol–water partition coefficient (Wildman–Crippen LogP) is 4.93. The topological polar surface area (TPSA) is 60.5 Å². The SMILES string of the molecule is COc1ccc(-c2nc(NC(=O)Cc3cc(C)ccc3C)sc2C)cc1OC. The van der Waals surface area contributed by atoms with Gasteiger partial charge in [0.1, 0.15) is 0 Å². The molecular formula is C22H24N2O3S. The fourth-order valence-electron chi connectivity index (χ4n) is 3.03. The normalized spacial score (nSPS) is 10.6. The molecule has 1 N–H and O–H groups in total. The number of ether oxygens (including phenoxy) is 2. The molecule has 0 spiro atoms. The van der Waals surface area contributed by atoms with E-state index in [2.05, 4.69) is 22.4 Å². The Balaban J connectivity index is 1.79. The van der Waals surface area contributed by atoms with Crippen LogP contribution in [0.4, 0.5) is 5.13 Å². The maximum Gasteiger partial charge on any atom is 0.230 e. The number of thiazole rings is 1. The lowest BCUT2D eigenvalue weighted by Crippen LogP contribution is -2.15. The van der Waals surface area contributed by atoms with Crippen molar-refractivity contribution in [3.8, 4) is 22.8 Å². The molecule has 1 aromatic heterocycles. The Morgan fingerprint density at radius 2 is 1.79 bits per heavy atom. The molecule has 0 saturated carbocycles. The molecule has 6 heteroatoms. The Morgan fingerprint density at radius 1 is 1.04 bits per heavy atom. The molecule has 0 fully saturated rings. The molecule has 0 unspecified atom stereocenters. The smallest absolute Gasteiger partial charge is 0.230 e. The van der Waals surface area contributed by atoms with E-state index in [1.807, 2.05) is 45.0 Å². The van der Waals surface area contributed by atoms with Gasteiger partial charge in [0.15, 0.2) is 16.6 Å². The van der Waals surface area contributed by atoms with Crippen LogP contribution in [0.1, 0.15) is 21.6 Å². The number of nitrogens with one attached hydrogen (secondary N) is 1. The number of aromatic nitrogens is 1. The second-order valence-corrected chi connectivity index (χ2v) is 7.85. The Hall–Kier alpha value is -2.86. The van der Waals surface area contributed by atoms with Crippen molar-refractivity contribution in [2.45, 2.75) is 27.2 Å². The third-order valence-electron chi connectivity index (χ3n) is 4.56. The average molecular weight is 397 g/mol. The second kappa shape index (κ2) is 8.44. The van der Waals surface area contributed by atoms with E-state index in [-0.39, 0.29) is 5.91 Å². The van der Waals surface area contributed by atoms with Crippen molar-refractivity contribution in [3.63, 3.8) is 0 Å². The molecule has 0 aliphatic carbocycles. The zero-order chi connectivity index (χ0) is 20.3. The molecule has 3 rings (SSSR count). The molecule has 1 heterocycles. The first-order valence-electron chi connectivity index (χ1n) is 8.97. The lowest BCUT2D eigenvalue weighted by atomic mass is 10.0. The summed E-state index contributed by atoms with van der Waals surface area (Å²) in [6.07, 6.45) is 0.331. The van der Waals surface area contributed by atoms with Gasteiger partial charge in [-0.05, 0) is 50.1 Å². The number of hydrogen-bond acceptors (Lipinski definition) is 5. The summed E-state index contributed by atoms with van der Waals surface area (Å²) in [5.41, 5.74) is 5.04. The quantitative estimate of drug-likeness (QED) is 0.641. The van der Waals surface area contributed by atoms with Crippen molar-refractivity contribution in [3.05, 3.63) is 58.0 Å². The fourth-order valence-corrected chi connectivity index (χ4v) is 3.88. The van der Waals surface area contributed by atoms with Crippen LogP contribution in [0.2, 0.25) is 0 Å². The highest BCUT2D eigenvalue weighted by Gasteiger charge is 2.15. The average Bonchev–Trinajstić information content (AvgIpc) is 3.04. The van der Waals surface area contributed by atoms with Crippen molar-refractivity contribution in [2.24, 2.45) is 0 Å². The molecule has 3 aromatic rings. The van der Waals surface area contributed by atoms with Crippen molar-refractivity contribution >= 4 is 22.4 Å². The Bertz CT molecular complexity index is 1010. The summed E-state index contributed by atoms with van der Waals surface area (Å²) in [5, 5.41) is 3.53. The fraction of sp³-hybridized carbons (Fsp3) is 0.273. The van der Waals surface area contributed by atoms with Crippen molar-refractivity contribution in [1.29, 1.82) is 0 Å². The number of benzene rings is 2. The first-order valence-corrected chi connectivity index (χ1v) is 9.78. The minimum Gasteiger partial charge on any atom is -0.493 e. The summed E-state index contributed by atoms with van der Waals surface area (Å²) in [6.45, 7) is 6.04. The third kappa shape index (κ3) is 4.34. The summed E-state index contributed by atoms with van der Waals surface area (Å²) < 4.78 is 10.7. The first kappa shape index (κ1) is 19.9. The molecule has 146 valence electrons. The molecule has 5 nitrogen and oxygen atoms in total. The van der Waals surface area contributed by atoms with Crippen LogP contribution >= 0.6 is 11.3 Å². The van der Waals surface area contributed by atoms with Gasteiger partial charge in [-0.25, -0.2) is 4.98 Å². The summed E-state index contributed by atoms with van der Waals surface area (Å²) in [4.78, 5) is 18.2. The van der Waals surface area contributed by atoms with Crippen LogP contribution in [-0.2, 0) is 11.2 Å². The maximum absolute atomic E-state index is 12.5. The van der Waals surface area contributed by atoms with Gasteiger partial charge in [-0.15, -0.1) is 11.3 Å². The highest BCUT2D eigenvalue weighted by atomic mass is 32.1. The van der Waals surface area contributed by atoms with Gasteiger partial charge in [0.05, 0.1) is 26.3 Å². The molecular weight excluding hydrogens is 372 g/mol. The van der Waals surface area contributed by atoms with E-state index >= 15 is 0 Å².